The number of anilines is 2. The number of thiophene rings is 1. The zero-order chi connectivity index (χ0) is 25.6. The largest absolute Gasteiger partial charge is 0.381 e. The molecule has 0 bridgehead atoms. The molecule has 8 nitrogen and oxygen atoms in total. The number of aryl methyl sites for hydroxylation is 1. The van der Waals surface area contributed by atoms with Gasteiger partial charge in [-0.3, -0.25) is 0 Å². The molecular formula is C27H26FN7OS. The Balaban J connectivity index is 1.17. The van der Waals surface area contributed by atoms with Gasteiger partial charge in [-0.25, -0.2) is 23.9 Å². The van der Waals surface area contributed by atoms with Gasteiger partial charge in [-0.1, -0.05) is 12.1 Å². The highest BCUT2D eigenvalue weighted by atomic mass is 32.1. The van der Waals surface area contributed by atoms with Crippen LogP contribution in [0.3, 0.4) is 0 Å². The van der Waals surface area contributed by atoms with Gasteiger partial charge in [0, 0.05) is 65.7 Å². The molecule has 0 amide bonds. The molecule has 5 heterocycles. The average molecular weight is 516 g/mol. The number of benzene rings is 1. The summed E-state index contributed by atoms with van der Waals surface area (Å²) in [4.78, 5) is 20.6. The van der Waals surface area contributed by atoms with Gasteiger partial charge in [-0.2, -0.15) is 5.10 Å². The highest BCUT2D eigenvalue weighted by Crippen LogP contribution is 2.32. The van der Waals surface area contributed by atoms with Crippen molar-refractivity contribution in [3.05, 3.63) is 89.2 Å². The Hall–Kier alpha value is -3.89. The van der Waals surface area contributed by atoms with Crippen LogP contribution < -0.4 is 9.80 Å². The lowest BCUT2D eigenvalue weighted by Gasteiger charge is -2.35. The summed E-state index contributed by atoms with van der Waals surface area (Å²) >= 11 is 1.77. The summed E-state index contributed by atoms with van der Waals surface area (Å²) in [6, 6.07) is 12.2. The monoisotopic (exact) mass is 515 g/mol. The molecule has 1 saturated heterocycles. The molecular weight excluding hydrogens is 489 g/mol. The number of aliphatic hydroxyl groups is 1. The summed E-state index contributed by atoms with van der Waals surface area (Å²) in [5, 5.41) is 15.5. The second-order valence-electron chi connectivity index (χ2n) is 9.38. The van der Waals surface area contributed by atoms with Crippen LogP contribution in [0.4, 0.5) is 16.2 Å². The van der Waals surface area contributed by atoms with Crippen molar-refractivity contribution in [2.45, 2.75) is 19.4 Å². The molecule has 1 fully saturated rings. The summed E-state index contributed by atoms with van der Waals surface area (Å²) in [6.07, 6.45) is 6.94. The van der Waals surface area contributed by atoms with Crippen LogP contribution in [0.5, 0.6) is 0 Å². The standard InChI is InChI=1S/C27H26FN7OS/c1-18-3-8-24(37-18)19-13-23-25(31-17-32-35(23)16-19)33-9-11-34(12-10-33)26-29-14-21(15-30-26)27(2,36)20-4-6-22(28)7-5-20/h3-8,13-17,36H,9-12H2,1-2H3/t27-/m1/s1. The number of halogens is 1. The van der Waals surface area contributed by atoms with Gasteiger partial charge in [0.05, 0.1) is 0 Å². The lowest BCUT2D eigenvalue weighted by molar-refractivity contribution is 0.101. The van der Waals surface area contributed by atoms with Crippen molar-refractivity contribution >= 4 is 28.6 Å². The minimum Gasteiger partial charge on any atom is -0.381 e. The highest BCUT2D eigenvalue weighted by molar-refractivity contribution is 7.15. The third-order valence-electron chi connectivity index (χ3n) is 6.88. The van der Waals surface area contributed by atoms with Gasteiger partial charge in [-0.15, -0.1) is 11.3 Å². The van der Waals surface area contributed by atoms with E-state index >= 15 is 0 Å². The first kappa shape index (κ1) is 23.5. The maximum Gasteiger partial charge on any atom is 0.225 e. The normalized spacial score (nSPS) is 15.8. The predicted molar refractivity (Wildman–Crippen MR) is 143 cm³/mol. The van der Waals surface area contributed by atoms with Crippen molar-refractivity contribution in [2.75, 3.05) is 36.0 Å². The Bertz CT molecular complexity index is 1540. The van der Waals surface area contributed by atoms with E-state index in [-0.39, 0.29) is 5.82 Å². The molecule has 1 atom stereocenters. The van der Waals surface area contributed by atoms with E-state index < -0.39 is 5.60 Å². The summed E-state index contributed by atoms with van der Waals surface area (Å²) in [5.41, 5.74) is 1.94. The van der Waals surface area contributed by atoms with Crippen LogP contribution in [0.25, 0.3) is 16.0 Å². The molecule has 37 heavy (non-hydrogen) atoms. The molecule has 0 unspecified atom stereocenters. The van der Waals surface area contributed by atoms with Crippen LogP contribution in [0.15, 0.2) is 67.4 Å². The molecule has 1 aliphatic rings. The number of piperazine rings is 1. The zero-order valence-electron chi connectivity index (χ0n) is 20.5. The van der Waals surface area contributed by atoms with E-state index in [0.29, 0.717) is 17.1 Å². The van der Waals surface area contributed by atoms with Crippen LogP contribution in [0, 0.1) is 12.7 Å². The SMILES string of the molecule is Cc1ccc(-c2cc3c(N4CCN(c5ncc([C@](C)(O)c6ccc(F)cc6)cn5)CC4)ncnn3c2)s1. The van der Waals surface area contributed by atoms with E-state index in [1.165, 1.54) is 21.9 Å². The summed E-state index contributed by atoms with van der Waals surface area (Å²) in [6.45, 7) is 6.78. The smallest absolute Gasteiger partial charge is 0.225 e. The van der Waals surface area contributed by atoms with Crippen LogP contribution in [-0.4, -0.2) is 55.9 Å². The molecule has 10 heteroatoms. The number of aromatic nitrogens is 5. The third-order valence-corrected chi connectivity index (χ3v) is 7.93. The first-order valence-electron chi connectivity index (χ1n) is 12.1. The lowest BCUT2D eigenvalue weighted by Crippen LogP contribution is -2.47. The Morgan fingerprint density at radius 3 is 2.30 bits per heavy atom. The molecule has 0 radical (unpaired) electrons. The molecule has 0 spiro atoms. The first-order chi connectivity index (χ1) is 17.9. The van der Waals surface area contributed by atoms with Crippen LogP contribution >= 0.6 is 11.3 Å². The molecule has 0 aliphatic carbocycles. The van der Waals surface area contributed by atoms with E-state index in [2.05, 4.69) is 61.2 Å². The van der Waals surface area contributed by atoms with E-state index in [4.69, 9.17) is 0 Å². The van der Waals surface area contributed by atoms with Gasteiger partial charge < -0.3 is 14.9 Å². The maximum absolute atomic E-state index is 13.3. The summed E-state index contributed by atoms with van der Waals surface area (Å²) in [7, 11) is 0. The Kier molecular flexibility index (Phi) is 5.85. The fraction of sp³-hybridized carbons (Fsp3) is 0.259. The van der Waals surface area contributed by atoms with E-state index in [9.17, 15) is 9.50 Å². The number of fused-ring (bicyclic) bond motifs is 1. The molecule has 6 rings (SSSR count). The fourth-order valence-electron chi connectivity index (χ4n) is 4.68. The average Bonchev–Trinajstić information content (AvgIpc) is 3.55. The number of hydrogen-bond donors (Lipinski definition) is 1. The zero-order valence-corrected chi connectivity index (χ0v) is 21.4. The molecule has 1 aromatic carbocycles. The fourth-order valence-corrected chi connectivity index (χ4v) is 5.53. The van der Waals surface area contributed by atoms with E-state index in [0.717, 1.165) is 43.1 Å². The third kappa shape index (κ3) is 4.42. The van der Waals surface area contributed by atoms with Gasteiger partial charge in [0.1, 0.15) is 23.3 Å². The Morgan fingerprint density at radius 1 is 0.919 bits per heavy atom. The molecule has 0 saturated carbocycles. The van der Waals surface area contributed by atoms with Crippen molar-refractivity contribution in [2.24, 2.45) is 0 Å². The van der Waals surface area contributed by atoms with Gasteiger partial charge in [0.25, 0.3) is 0 Å². The molecule has 1 N–H and O–H groups in total. The predicted octanol–water partition coefficient (Wildman–Crippen LogP) is 4.28. The van der Waals surface area contributed by atoms with Crippen molar-refractivity contribution in [3.63, 3.8) is 0 Å². The quantitative estimate of drug-likeness (QED) is 0.374. The second kappa shape index (κ2) is 9.20. The second-order valence-corrected chi connectivity index (χ2v) is 10.7. The minimum absolute atomic E-state index is 0.344. The summed E-state index contributed by atoms with van der Waals surface area (Å²) in [5.74, 6) is 1.19. The molecule has 5 aromatic rings. The van der Waals surface area contributed by atoms with Crippen molar-refractivity contribution in [1.29, 1.82) is 0 Å². The van der Waals surface area contributed by atoms with E-state index in [1.54, 1.807) is 49.1 Å². The van der Waals surface area contributed by atoms with Crippen LogP contribution in [0.2, 0.25) is 0 Å². The first-order valence-corrected chi connectivity index (χ1v) is 12.9. The number of rotatable bonds is 5. The number of nitrogens with zero attached hydrogens (tertiary/aromatic N) is 7. The van der Waals surface area contributed by atoms with Gasteiger partial charge in [0.2, 0.25) is 5.95 Å². The van der Waals surface area contributed by atoms with Gasteiger partial charge >= 0.3 is 0 Å². The Morgan fingerprint density at radius 2 is 1.62 bits per heavy atom. The van der Waals surface area contributed by atoms with Crippen molar-refractivity contribution in [1.82, 2.24) is 24.6 Å². The number of hydrogen-bond acceptors (Lipinski definition) is 8. The van der Waals surface area contributed by atoms with Gasteiger partial charge in [-0.05, 0) is 49.7 Å². The highest BCUT2D eigenvalue weighted by Gasteiger charge is 2.28. The molecule has 188 valence electrons. The Labute approximate surface area is 217 Å². The summed E-state index contributed by atoms with van der Waals surface area (Å²) < 4.78 is 15.2. The van der Waals surface area contributed by atoms with Crippen LogP contribution in [0.1, 0.15) is 22.9 Å². The molecule has 1 aliphatic heterocycles. The van der Waals surface area contributed by atoms with Crippen molar-refractivity contribution in [3.8, 4) is 10.4 Å². The minimum atomic E-state index is -1.32. The van der Waals surface area contributed by atoms with Crippen molar-refractivity contribution < 1.29 is 9.50 Å². The topological polar surface area (TPSA) is 82.7 Å². The molecule has 4 aromatic heterocycles. The van der Waals surface area contributed by atoms with Crippen LogP contribution in [-0.2, 0) is 5.60 Å². The maximum atomic E-state index is 13.3. The van der Waals surface area contributed by atoms with Gasteiger partial charge in [0.15, 0.2) is 5.82 Å². The lowest BCUT2D eigenvalue weighted by atomic mass is 9.90. The van der Waals surface area contributed by atoms with E-state index in [1.807, 2.05) is 4.52 Å².